The molecule has 0 spiro atoms. The highest BCUT2D eigenvalue weighted by molar-refractivity contribution is 5.94. The van der Waals surface area contributed by atoms with E-state index in [-0.39, 0.29) is 23.7 Å². The maximum atomic E-state index is 13.8. The number of hydrogen-bond acceptors (Lipinski definition) is 4. The van der Waals surface area contributed by atoms with E-state index in [0.29, 0.717) is 32.3 Å². The Balaban J connectivity index is 1.97. The number of ketones is 1. The van der Waals surface area contributed by atoms with Gasteiger partial charge in [0.25, 0.3) is 0 Å². The first-order chi connectivity index (χ1) is 10.9. The van der Waals surface area contributed by atoms with E-state index < -0.39 is 23.0 Å². The number of Topliss-reactive ketones (excluding diaryl/α,β-unsaturated/α-hetero) is 1. The second-order valence-corrected chi connectivity index (χ2v) is 5.66. The largest absolute Gasteiger partial charge is 0.490 e. The van der Waals surface area contributed by atoms with Crippen molar-refractivity contribution < 1.29 is 27.8 Å². The predicted octanol–water partition coefficient (Wildman–Crippen LogP) is 3.67. The van der Waals surface area contributed by atoms with Crippen molar-refractivity contribution in [3.05, 3.63) is 29.3 Å². The normalized spacial score (nSPS) is 20.9. The van der Waals surface area contributed by atoms with Gasteiger partial charge in [0, 0.05) is 12.1 Å². The van der Waals surface area contributed by atoms with Gasteiger partial charge < -0.3 is 9.47 Å². The molecule has 23 heavy (non-hydrogen) atoms. The Morgan fingerprint density at radius 3 is 2.17 bits per heavy atom. The van der Waals surface area contributed by atoms with Crippen LogP contribution in [-0.2, 0) is 9.53 Å². The Morgan fingerprint density at radius 1 is 1.13 bits per heavy atom. The van der Waals surface area contributed by atoms with Crippen LogP contribution >= 0.6 is 0 Å². The molecule has 0 amide bonds. The molecule has 0 atom stereocenters. The molecule has 0 heterocycles. The topological polar surface area (TPSA) is 52.6 Å². The van der Waals surface area contributed by atoms with Crippen LogP contribution in [-0.4, -0.2) is 24.5 Å². The molecule has 126 valence electrons. The summed E-state index contributed by atoms with van der Waals surface area (Å²) in [6.45, 7) is 3.23. The zero-order valence-corrected chi connectivity index (χ0v) is 13.2. The van der Waals surface area contributed by atoms with Crippen LogP contribution in [0.5, 0.6) is 5.75 Å². The van der Waals surface area contributed by atoms with E-state index in [0.717, 1.165) is 19.1 Å². The number of carbonyl (C=O) groups excluding carboxylic acids is 2. The fourth-order valence-electron chi connectivity index (χ4n) is 2.82. The average molecular weight is 326 g/mol. The fraction of sp³-hybridized carbons (Fsp3) is 0.529. The zero-order chi connectivity index (χ0) is 17.0. The first-order valence-corrected chi connectivity index (χ1v) is 7.75. The molecule has 2 rings (SSSR count). The number of hydrogen-bond donors (Lipinski definition) is 0. The van der Waals surface area contributed by atoms with Crippen LogP contribution in [0, 0.1) is 17.6 Å². The Labute approximate surface area is 133 Å². The monoisotopic (exact) mass is 326 g/mol. The summed E-state index contributed by atoms with van der Waals surface area (Å²) in [6.07, 6.45) is 2.27. The summed E-state index contributed by atoms with van der Waals surface area (Å²) in [5, 5.41) is 0. The summed E-state index contributed by atoms with van der Waals surface area (Å²) < 4.78 is 38.1. The smallest absolute Gasteiger partial charge is 0.308 e. The maximum Gasteiger partial charge on any atom is 0.308 e. The molecular formula is C17H20F2O4. The van der Waals surface area contributed by atoms with E-state index in [9.17, 15) is 18.4 Å². The number of benzene rings is 1. The van der Waals surface area contributed by atoms with E-state index in [1.165, 1.54) is 0 Å². The Morgan fingerprint density at radius 2 is 1.70 bits per heavy atom. The minimum absolute atomic E-state index is 0.0598. The molecule has 0 bridgehead atoms. The van der Waals surface area contributed by atoms with Gasteiger partial charge in [-0.25, -0.2) is 8.78 Å². The van der Waals surface area contributed by atoms with Gasteiger partial charge in [-0.2, -0.15) is 0 Å². The number of esters is 1. The van der Waals surface area contributed by atoms with Crippen molar-refractivity contribution in [3.8, 4) is 5.75 Å². The number of rotatable bonds is 5. The van der Waals surface area contributed by atoms with E-state index >= 15 is 0 Å². The molecule has 0 aliphatic heterocycles. The summed E-state index contributed by atoms with van der Waals surface area (Å²) in [5.74, 6) is -2.79. The van der Waals surface area contributed by atoms with E-state index in [1.807, 2.05) is 0 Å². The van der Waals surface area contributed by atoms with Crippen LogP contribution in [0.25, 0.3) is 0 Å². The quantitative estimate of drug-likeness (QED) is 0.612. The van der Waals surface area contributed by atoms with Gasteiger partial charge in [-0.1, -0.05) is 0 Å². The average Bonchev–Trinajstić information content (AvgIpc) is 2.47. The van der Waals surface area contributed by atoms with Crippen LogP contribution in [0.15, 0.2) is 12.1 Å². The minimum atomic E-state index is -0.923. The van der Waals surface area contributed by atoms with Crippen LogP contribution in [0.2, 0.25) is 0 Å². The van der Waals surface area contributed by atoms with Gasteiger partial charge in [-0.05, 0) is 39.5 Å². The summed E-state index contributed by atoms with van der Waals surface area (Å²) >= 11 is 0. The van der Waals surface area contributed by atoms with E-state index in [2.05, 4.69) is 0 Å². The number of ether oxygens (including phenoxy) is 2. The van der Waals surface area contributed by atoms with Gasteiger partial charge in [0.1, 0.15) is 17.4 Å². The van der Waals surface area contributed by atoms with Gasteiger partial charge in [0.15, 0.2) is 5.78 Å². The van der Waals surface area contributed by atoms with Gasteiger partial charge >= 0.3 is 5.97 Å². The third-order valence-electron chi connectivity index (χ3n) is 3.96. The molecule has 1 aromatic carbocycles. The number of carbonyl (C=O) groups is 2. The molecule has 1 aromatic rings. The maximum absolute atomic E-state index is 13.8. The van der Waals surface area contributed by atoms with Crippen molar-refractivity contribution in [3.63, 3.8) is 0 Å². The Kier molecular flexibility index (Phi) is 5.69. The third-order valence-corrected chi connectivity index (χ3v) is 3.96. The van der Waals surface area contributed by atoms with Crippen LogP contribution in [0.1, 0.15) is 49.9 Å². The van der Waals surface area contributed by atoms with Gasteiger partial charge in [-0.3, -0.25) is 9.59 Å². The molecule has 0 aromatic heterocycles. The second kappa shape index (κ2) is 7.53. The molecule has 0 unspecified atom stereocenters. The SMILES string of the molecule is CCOC(=O)C1CCC(Oc2cc(F)c(C(C)=O)c(F)c2)CC1. The van der Waals surface area contributed by atoms with Crippen molar-refractivity contribution in [1.82, 2.24) is 0 Å². The Bertz CT molecular complexity index is 569. The van der Waals surface area contributed by atoms with Crippen LogP contribution < -0.4 is 4.74 Å². The highest BCUT2D eigenvalue weighted by Crippen LogP contribution is 2.30. The van der Waals surface area contributed by atoms with Crippen molar-refractivity contribution in [1.29, 1.82) is 0 Å². The lowest BCUT2D eigenvalue weighted by Crippen LogP contribution is -2.29. The molecular weight excluding hydrogens is 306 g/mol. The second-order valence-electron chi connectivity index (χ2n) is 5.66. The molecule has 0 N–H and O–H groups in total. The van der Waals surface area contributed by atoms with E-state index in [1.54, 1.807) is 6.92 Å². The minimum Gasteiger partial charge on any atom is -0.490 e. The van der Waals surface area contributed by atoms with Gasteiger partial charge in [-0.15, -0.1) is 0 Å². The van der Waals surface area contributed by atoms with Gasteiger partial charge in [0.2, 0.25) is 0 Å². The zero-order valence-electron chi connectivity index (χ0n) is 13.2. The summed E-state index contributed by atoms with van der Waals surface area (Å²) in [7, 11) is 0. The standard InChI is InChI=1S/C17H20F2O4/c1-3-22-17(21)11-4-6-12(7-5-11)23-13-8-14(18)16(10(2)20)15(19)9-13/h8-9,11-12H,3-7H2,1-2H3. The first kappa shape index (κ1) is 17.4. The lowest BCUT2D eigenvalue weighted by atomic mass is 9.87. The predicted molar refractivity (Wildman–Crippen MR) is 79.4 cm³/mol. The lowest BCUT2D eigenvalue weighted by molar-refractivity contribution is -0.149. The van der Waals surface area contributed by atoms with E-state index in [4.69, 9.17) is 9.47 Å². The molecule has 1 saturated carbocycles. The van der Waals surface area contributed by atoms with Crippen molar-refractivity contribution >= 4 is 11.8 Å². The van der Waals surface area contributed by atoms with Gasteiger partial charge in [0.05, 0.1) is 24.2 Å². The molecule has 6 heteroatoms. The molecule has 1 fully saturated rings. The van der Waals surface area contributed by atoms with Crippen molar-refractivity contribution in [2.75, 3.05) is 6.61 Å². The summed E-state index contributed by atoms with van der Waals surface area (Å²) in [5.41, 5.74) is -0.552. The third kappa shape index (κ3) is 4.27. The Hall–Kier alpha value is -1.98. The van der Waals surface area contributed by atoms with Crippen LogP contribution in [0.4, 0.5) is 8.78 Å². The fourth-order valence-corrected chi connectivity index (χ4v) is 2.82. The molecule has 1 aliphatic rings. The molecule has 1 aliphatic carbocycles. The highest BCUT2D eigenvalue weighted by Gasteiger charge is 2.28. The summed E-state index contributed by atoms with van der Waals surface area (Å²) in [4.78, 5) is 22.8. The first-order valence-electron chi connectivity index (χ1n) is 7.75. The molecule has 4 nitrogen and oxygen atoms in total. The highest BCUT2D eigenvalue weighted by atomic mass is 19.1. The van der Waals surface area contributed by atoms with Crippen molar-refractivity contribution in [2.24, 2.45) is 5.92 Å². The van der Waals surface area contributed by atoms with Crippen LogP contribution in [0.3, 0.4) is 0 Å². The summed E-state index contributed by atoms with van der Waals surface area (Å²) in [6, 6.07) is 2.05. The van der Waals surface area contributed by atoms with Crippen molar-refractivity contribution in [2.45, 2.75) is 45.6 Å². The lowest BCUT2D eigenvalue weighted by Gasteiger charge is -2.27. The molecule has 0 saturated heterocycles. The number of halogens is 2. The molecule has 0 radical (unpaired) electrons.